The Kier molecular flexibility index (Phi) is 8.87. The summed E-state index contributed by atoms with van der Waals surface area (Å²) in [5, 5.41) is 2.85. The van der Waals surface area contributed by atoms with Crippen LogP contribution in [0.3, 0.4) is 0 Å². The number of benzene rings is 2. The van der Waals surface area contributed by atoms with Crippen molar-refractivity contribution in [1.29, 1.82) is 0 Å². The molecule has 1 aliphatic rings. The summed E-state index contributed by atoms with van der Waals surface area (Å²) in [6.45, 7) is 7.07. The summed E-state index contributed by atoms with van der Waals surface area (Å²) in [6.07, 6.45) is 0.461. The van der Waals surface area contributed by atoms with E-state index in [0.29, 0.717) is 30.9 Å². The van der Waals surface area contributed by atoms with Crippen molar-refractivity contribution >= 4 is 11.7 Å². The highest BCUT2D eigenvalue weighted by Crippen LogP contribution is 2.15. The van der Waals surface area contributed by atoms with Crippen molar-refractivity contribution < 1.29 is 23.8 Å². The van der Waals surface area contributed by atoms with Gasteiger partial charge < -0.3 is 19.5 Å². The maximum atomic E-state index is 12.1. The Morgan fingerprint density at radius 3 is 2.55 bits per heavy atom. The summed E-state index contributed by atoms with van der Waals surface area (Å²) in [5.41, 5.74) is 1.60. The Labute approximate surface area is 183 Å². The van der Waals surface area contributed by atoms with Crippen LogP contribution in [0.1, 0.15) is 29.3 Å². The molecule has 1 fully saturated rings. The molecular formula is C24H30N2O5. The van der Waals surface area contributed by atoms with Crippen LogP contribution >= 0.6 is 0 Å². The summed E-state index contributed by atoms with van der Waals surface area (Å²) in [5.74, 6) is 1.21. The predicted octanol–water partition coefficient (Wildman–Crippen LogP) is 2.69. The van der Waals surface area contributed by atoms with E-state index < -0.39 is 0 Å². The van der Waals surface area contributed by atoms with E-state index in [2.05, 4.69) is 10.2 Å². The van der Waals surface area contributed by atoms with Crippen molar-refractivity contribution in [1.82, 2.24) is 10.2 Å². The molecule has 2 aromatic carbocycles. The number of amides is 1. The highest BCUT2D eigenvalue weighted by atomic mass is 16.5. The average molecular weight is 427 g/mol. The number of rotatable bonds is 11. The monoisotopic (exact) mass is 426 g/mol. The van der Waals surface area contributed by atoms with Gasteiger partial charge in [0.2, 0.25) is 0 Å². The first-order valence-corrected chi connectivity index (χ1v) is 10.7. The molecule has 166 valence electrons. The minimum Gasteiger partial charge on any atom is -0.492 e. The van der Waals surface area contributed by atoms with Crippen LogP contribution in [0.15, 0.2) is 48.5 Å². The first-order chi connectivity index (χ1) is 15.1. The lowest BCUT2D eigenvalue weighted by molar-refractivity contribution is -0.123. The van der Waals surface area contributed by atoms with Crippen molar-refractivity contribution in [2.24, 2.45) is 0 Å². The SMILES string of the molecule is CCC(=O)c1ccc(OCC(=O)NCc2cccc(OCCN3CCOCC3)c2)cc1. The summed E-state index contributed by atoms with van der Waals surface area (Å²) < 4.78 is 16.7. The standard InChI is InChI=1S/C24H30N2O5/c1-2-23(27)20-6-8-21(9-7-20)31-18-24(28)25-17-19-4-3-5-22(16-19)30-15-12-26-10-13-29-14-11-26/h3-9,16H,2,10-15,17-18H2,1H3,(H,25,28). The normalized spacial score (nSPS) is 14.1. The summed E-state index contributed by atoms with van der Waals surface area (Å²) in [7, 11) is 0. The average Bonchev–Trinajstić information content (AvgIpc) is 2.82. The van der Waals surface area contributed by atoms with E-state index in [4.69, 9.17) is 14.2 Å². The molecule has 0 saturated carbocycles. The molecule has 3 rings (SSSR count). The van der Waals surface area contributed by atoms with Crippen LogP contribution in [0.5, 0.6) is 11.5 Å². The van der Waals surface area contributed by atoms with Crippen LogP contribution in [-0.4, -0.2) is 62.7 Å². The van der Waals surface area contributed by atoms with E-state index in [9.17, 15) is 9.59 Å². The highest BCUT2D eigenvalue weighted by Gasteiger charge is 2.10. The molecule has 1 saturated heterocycles. The number of hydrogen-bond donors (Lipinski definition) is 1. The Morgan fingerprint density at radius 2 is 1.81 bits per heavy atom. The van der Waals surface area contributed by atoms with Gasteiger partial charge in [-0.25, -0.2) is 0 Å². The molecule has 0 atom stereocenters. The van der Waals surface area contributed by atoms with Crippen molar-refractivity contribution in [2.45, 2.75) is 19.9 Å². The lowest BCUT2D eigenvalue weighted by atomic mass is 10.1. The lowest BCUT2D eigenvalue weighted by Gasteiger charge is -2.26. The number of Topliss-reactive ketones (excluding diaryl/α,β-unsaturated/α-hetero) is 1. The molecule has 0 bridgehead atoms. The Balaban J connectivity index is 1.37. The maximum Gasteiger partial charge on any atom is 0.258 e. The van der Waals surface area contributed by atoms with Gasteiger partial charge in [0.05, 0.1) is 13.2 Å². The van der Waals surface area contributed by atoms with Gasteiger partial charge in [-0.3, -0.25) is 14.5 Å². The van der Waals surface area contributed by atoms with Gasteiger partial charge in [-0.05, 0) is 42.0 Å². The number of nitrogens with zero attached hydrogens (tertiary/aromatic N) is 1. The molecular weight excluding hydrogens is 396 g/mol. The van der Waals surface area contributed by atoms with Crippen LogP contribution in [0, 0.1) is 0 Å². The van der Waals surface area contributed by atoms with Crippen LogP contribution in [0.2, 0.25) is 0 Å². The molecule has 2 aromatic rings. The van der Waals surface area contributed by atoms with E-state index >= 15 is 0 Å². The van der Waals surface area contributed by atoms with E-state index in [1.54, 1.807) is 24.3 Å². The van der Waals surface area contributed by atoms with Crippen molar-refractivity contribution in [3.05, 3.63) is 59.7 Å². The van der Waals surface area contributed by atoms with Gasteiger partial charge in [0.1, 0.15) is 18.1 Å². The van der Waals surface area contributed by atoms with Crippen molar-refractivity contribution in [3.8, 4) is 11.5 Å². The first kappa shape index (κ1) is 22.8. The molecule has 1 N–H and O–H groups in total. The van der Waals surface area contributed by atoms with Gasteiger partial charge in [-0.2, -0.15) is 0 Å². The summed E-state index contributed by atoms with van der Waals surface area (Å²) in [6, 6.07) is 14.5. The smallest absolute Gasteiger partial charge is 0.258 e. The number of carbonyl (C=O) groups is 2. The fraction of sp³-hybridized carbons (Fsp3) is 0.417. The molecule has 7 heteroatoms. The molecule has 1 aliphatic heterocycles. The third-order valence-electron chi connectivity index (χ3n) is 5.04. The predicted molar refractivity (Wildman–Crippen MR) is 118 cm³/mol. The Morgan fingerprint density at radius 1 is 1.03 bits per heavy atom. The third kappa shape index (κ3) is 7.70. The van der Waals surface area contributed by atoms with Gasteiger partial charge in [0.25, 0.3) is 5.91 Å². The number of ether oxygens (including phenoxy) is 3. The van der Waals surface area contributed by atoms with Gasteiger partial charge >= 0.3 is 0 Å². The maximum absolute atomic E-state index is 12.1. The topological polar surface area (TPSA) is 77.1 Å². The molecule has 0 aliphatic carbocycles. The fourth-order valence-electron chi connectivity index (χ4n) is 3.20. The number of carbonyl (C=O) groups excluding carboxylic acids is 2. The molecule has 0 unspecified atom stereocenters. The van der Waals surface area contributed by atoms with Gasteiger partial charge in [-0.15, -0.1) is 0 Å². The molecule has 7 nitrogen and oxygen atoms in total. The zero-order valence-corrected chi connectivity index (χ0v) is 18.0. The second-order valence-electron chi connectivity index (χ2n) is 7.32. The zero-order chi connectivity index (χ0) is 21.9. The molecule has 1 amide bonds. The summed E-state index contributed by atoms with van der Waals surface area (Å²) >= 11 is 0. The van der Waals surface area contributed by atoms with E-state index in [1.807, 2.05) is 31.2 Å². The Bertz CT molecular complexity index is 847. The minimum absolute atomic E-state index is 0.0802. The van der Waals surface area contributed by atoms with E-state index in [-0.39, 0.29) is 18.3 Å². The van der Waals surface area contributed by atoms with E-state index in [1.165, 1.54) is 0 Å². The van der Waals surface area contributed by atoms with Crippen molar-refractivity contribution in [2.75, 3.05) is 46.1 Å². The lowest BCUT2D eigenvalue weighted by Crippen LogP contribution is -2.38. The first-order valence-electron chi connectivity index (χ1n) is 10.7. The number of nitrogens with one attached hydrogen (secondary N) is 1. The van der Waals surface area contributed by atoms with Gasteiger partial charge in [0.15, 0.2) is 12.4 Å². The molecule has 0 spiro atoms. The Hall–Kier alpha value is -2.90. The van der Waals surface area contributed by atoms with Gasteiger partial charge in [-0.1, -0.05) is 19.1 Å². The third-order valence-corrected chi connectivity index (χ3v) is 5.04. The second-order valence-corrected chi connectivity index (χ2v) is 7.32. The number of morpholine rings is 1. The number of hydrogen-bond acceptors (Lipinski definition) is 6. The second kappa shape index (κ2) is 12.1. The molecule has 31 heavy (non-hydrogen) atoms. The quantitative estimate of drug-likeness (QED) is 0.557. The molecule has 0 aromatic heterocycles. The highest BCUT2D eigenvalue weighted by molar-refractivity contribution is 5.95. The summed E-state index contributed by atoms with van der Waals surface area (Å²) in [4.78, 5) is 26.1. The molecule has 1 heterocycles. The number of ketones is 1. The van der Waals surface area contributed by atoms with Crippen LogP contribution in [-0.2, 0) is 16.1 Å². The van der Waals surface area contributed by atoms with E-state index in [0.717, 1.165) is 44.2 Å². The van der Waals surface area contributed by atoms with Crippen LogP contribution < -0.4 is 14.8 Å². The minimum atomic E-state index is -0.215. The van der Waals surface area contributed by atoms with Gasteiger partial charge in [0, 0.05) is 38.2 Å². The van der Waals surface area contributed by atoms with Crippen molar-refractivity contribution in [3.63, 3.8) is 0 Å². The molecule has 0 radical (unpaired) electrons. The van der Waals surface area contributed by atoms with Crippen LogP contribution in [0.4, 0.5) is 0 Å². The van der Waals surface area contributed by atoms with Crippen LogP contribution in [0.25, 0.3) is 0 Å². The largest absolute Gasteiger partial charge is 0.492 e. The fourth-order valence-corrected chi connectivity index (χ4v) is 3.20. The zero-order valence-electron chi connectivity index (χ0n) is 18.0.